The van der Waals surface area contributed by atoms with Gasteiger partial charge in [0.15, 0.2) is 5.72 Å². The summed E-state index contributed by atoms with van der Waals surface area (Å²) in [7, 11) is 0. The van der Waals surface area contributed by atoms with Gasteiger partial charge in [-0.3, -0.25) is 10.7 Å². The van der Waals surface area contributed by atoms with E-state index in [1.807, 2.05) is 0 Å². The van der Waals surface area contributed by atoms with Crippen LogP contribution in [0.5, 0.6) is 0 Å². The molecule has 0 saturated carbocycles. The second kappa shape index (κ2) is 2.97. The van der Waals surface area contributed by atoms with Crippen LogP contribution in [0.15, 0.2) is 24.8 Å². The van der Waals surface area contributed by atoms with Crippen LogP contribution >= 0.6 is 0 Å². The molecule has 5 nitrogen and oxygen atoms in total. The summed E-state index contributed by atoms with van der Waals surface area (Å²) in [5.74, 6) is 0. The second-order valence-electron chi connectivity index (χ2n) is 3.30. The average molecular weight is 190 g/mol. The highest BCUT2D eigenvalue weighted by Crippen LogP contribution is 2.16. The van der Waals surface area contributed by atoms with Crippen molar-refractivity contribution in [2.45, 2.75) is 12.6 Å². The Hall–Kier alpha value is -1.59. The number of nitrogens with two attached hydrogens (primary N) is 1. The molecule has 2 rings (SSSR count). The molecule has 0 bridgehead atoms. The number of aromatic nitrogens is 3. The van der Waals surface area contributed by atoms with Crippen molar-refractivity contribution >= 4 is 10.9 Å². The highest BCUT2D eigenvalue weighted by Gasteiger charge is 2.18. The van der Waals surface area contributed by atoms with E-state index in [1.54, 1.807) is 18.5 Å². The molecule has 0 saturated heterocycles. The fraction of sp³-hybridized carbons (Fsp3) is 0.222. The summed E-state index contributed by atoms with van der Waals surface area (Å²) in [6.45, 7) is 1.48. The summed E-state index contributed by atoms with van der Waals surface area (Å²) in [5, 5.41) is 10.3. The molecule has 0 aliphatic rings. The molecule has 1 unspecified atom stereocenters. The molecule has 2 heterocycles. The van der Waals surface area contributed by atoms with E-state index in [9.17, 15) is 5.11 Å². The molecule has 0 spiro atoms. The molecule has 0 fully saturated rings. The van der Waals surface area contributed by atoms with Gasteiger partial charge >= 0.3 is 0 Å². The molecular weight excluding hydrogens is 180 g/mol. The van der Waals surface area contributed by atoms with Gasteiger partial charge in [-0.1, -0.05) is 0 Å². The fourth-order valence-corrected chi connectivity index (χ4v) is 1.16. The molecule has 14 heavy (non-hydrogen) atoms. The number of nitrogens with zero attached hydrogens (tertiary/aromatic N) is 3. The lowest BCUT2D eigenvalue weighted by molar-refractivity contribution is 0.0602. The monoisotopic (exact) mass is 190 g/mol. The van der Waals surface area contributed by atoms with E-state index in [4.69, 9.17) is 5.73 Å². The molecule has 1 atom stereocenters. The van der Waals surface area contributed by atoms with E-state index in [0.717, 1.165) is 10.9 Å². The lowest BCUT2D eigenvalue weighted by atomic mass is 10.1. The first kappa shape index (κ1) is 8.98. The van der Waals surface area contributed by atoms with Gasteiger partial charge in [-0.25, -0.2) is 9.97 Å². The Bertz CT molecular complexity index is 464. The van der Waals surface area contributed by atoms with E-state index in [-0.39, 0.29) is 0 Å². The first-order valence-corrected chi connectivity index (χ1v) is 4.15. The van der Waals surface area contributed by atoms with Crippen molar-refractivity contribution in [1.82, 2.24) is 15.0 Å². The largest absolute Gasteiger partial charge is 0.370 e. The maximum absolute atomic E-state index is 9.52. The lowest BCUT2D eigenvalue weighted by Crippen LogP contribution is -2.33. The highest BCUT2D eigenvalue weighted by molar-refractivity contribution is 5.76. The molecule has 2 aromatic heterocycles. The molecule has 2 aromatic rings. The molecule has 0 aromatic carbocycles. The lowest BCUT2D eigenvalue weighted by Gasteiger charge is -2.16. The minimum Gasteiger partial charge on any atom is -0.370 e. The number of aliphatic hydroxyl groups is 1. The topological polar surface area (TPSA) is 84.9 Å². The van der Waals surface area contributed by atoms with Crippen LogP contribution in [0, 0.1) is 0 Å². The van der Waals surface area contributed by atoms with E-state index in [2.05, 4.69) is 15.0 Å². The number of pyridine rings is 1. The van der Waals surface area contributed by atoms with E-state index in [1.165, 1.54) is 13.3 Å². The van der Waals surface area contributed by atoms with Crippen molar-refractivity contribution < 1.29 is 5.11 Å². The minimum atomic E-state index is -1.43. The quantitative estimate of drug-likeness (QED) is 0.625. The Morgan fingerprint density at radius 1 is 1.36 bits per heavy atom. The zero-order chi connectivity index (χ0) is 10.2. The molecule has 0 radical (unpaired) electrons. The predicted molar refractivity (Wildman–Crippen MR) is 51.1 cm³/mol. The van der Waals surface area contributed by atoms with Gasteiger partial charge in [-0.2, -0.15) is 0 Å². The normalized spacial score (nSPS) is 15.4. The fourth-order valence-electron chi connectivity index (χ4n) is 1.16. The molecule has 5 heteroatoms. The van der Waals surface area contributed by atoms with Crippen molar-refractivity contribution in [3.63, 3.8) is 0 Å². The van der Waals surface area contributed by atoms with Crippen molar-refractivity contribution in [1.29, 1.82) is 0 Å². The molecule has 72 valence electrons. The summed E-state index contributed by atoms with van der Waals surface area (Å²) in [4.78, 5) is 11.9. The number of fused-ring (bicyclic) bond motifs is 1. The van der Waals surface area contributed by atoms with Gasteiger partial charge in [0.05, 0.1) is 17.4 Å². The van der Waals surface area contributed by atoms with Crippen LogP contribution in [-0.4, -0.2) is 20.1 Å². The van der Waals surface area contributed by atoms with Gasteiger partial charge < -0.3 is 5.11 Å². The third-order valence-electron chi connectivity index (χ3n) is 1.91. The first-order valence-electron chi connectivity index (χ1n) is 4.15. The van der Waals surface area contributed by atoms with Crippen molar-refractivity contribution in [2.75, 3.05) is 0 Å². The van der Waals surface area contributed by atoms with Gasteiger partial charge in [0.2, 0.25) is 0 Å². The molecule has 0 amide bonds. The molecule has 3 N–H and O–H groups in total. The Balaban J connectivity index is 2.63. The standard InChI is InChI=1S/C9H10N4O/c1-9(10,14)8-2-6-3-11-5-13-7(6)4-12-8/h2-5,14H,10H2,1H3. The third kappa shape index (κ3) is 1.55. The summed E-state index contributed by atoms with van der Waals surface area (Å²) < 4.78 is 0. The van der Waals surface area contributed by atoms with E-state index < -0.39 is 5.72 Å². The molecule has 0 aliphatic carbocycles. The SMILES string of the molecule is CC(N)(O)c1cc2cncnc2cn1. The third-order valence-corrected chi connectivity index (χ3v) is 1.91. The van der Waals surface area contributed by atoms with Gasteiger partial charge in [0.1, 0.15) is 6.33 Å². The Morgan fingerprint density at radius 2 is 2.14 bits per heavy atom. The Morgan fingerprint density at radius 3 is 2.86 bits per heavy atom. The van der Waals surface area contributed by atoms with Gasteiger partial charge in [0, 0.05) is 11.6 Å². The second-order valence-corrected chi connectivity index (χ2v) is 3.30. The smallest absolute Gasteiger partial charge is 0.153 e. The number of hydrogen-bond acceptors (Lipinski definition) is 5. The van der Waals surface area contributed by atoms with E-state index >= 15 is 0 Å². The van der Waals surface area contributed by atoms with Crippen LogP contribution in [0.3, 0.4) is 0 Å². The maximum Gasteiger partial charge on any atom is 0.153 e. The Kier molecular flexibility index (Phi) is 1.90. The summed E-state index contributed by atoms with van der Waals surface area (Å²) in [6.07, 6.45) is 4.66. The predicted octanol–water partition coefficient (Wildman–Crippen LogP) is 0.149. The highest BCUT2D eigenvalue weighted by atomic mass is 16.3. The zero-order valence-electron chi connectivity index (χ0n) is 7.68. The van der Waals surface area contributed by atoms with Crippen LogP contribution in [-0.2, 0) is 5.72 Å². The van der Waals surface area contributed by atoms with Crippen molar-refractivity contribution in [3.8, 4) is 0 Å². The first-order chi connectivity index (χ1) is 6.57. The molecule has 0 aliphatic heterocycles. The summed E-state index contributed by atoms with van der Waals surface area (Å²) >= 11 is 0. The van der Waals surface area contributed by atoms with E-state index in [0.29, 0.717) is 5.69 Å². The van der Waals surface area contributed by atoms with Crippen LogP contribution in [0.4, 0.5) is 0 Å². The van der Waals surface area contributed by atoms with Crippen LogP contribution in [0.1, 0.15) is 12.6 Å². The Labute approximate surface area is 80.6 Å². The molecular formula is C9H10N4O. The number of hydrogen-bond donors (Lipinski definition) is 2. The maximum atomic E-state index is 9.52. The zero-order valence-corrected chi connectivity index (χ0v) is 7.68. The summed E-state index contributed by atoms with van der Waals surface area (Å²) in [6, 6.07) is 1.68. The van der Waals surface area contributed by atoms with Crippen LogP contribution < -0.4 is 5.73 Å². The van der Waals surface area contributed by atoms with Crippen molar-refractivity contribution in [3.05, 3.63) is 30.5 Å². The van der Waals surface area contributed by atoms with Gasteiger partial charge in [-0.05, 0) is 13.0 Å². The van der Waals surface area contributed by atoms with Crippen LogP contribution in [0.25, 0.3) is 10.9 Å². The number of rotatable bonds is 1. The minimum absolute atomic E-state index is 0.403. The van der Waals surface area contributed by atoms with Crippen molar-refractivity contribution in [2.24, 2.45) is 5.73 Å². The van der Waals surface area contributed by atoms with Gasteiger partial charge in [-0.15, -0.1) is 0 Å². The van der Waals surface area contributed by atoms with Crippen LogP contribution in [0.2, 0.25) is 0 Å². The van der Waals surface area contributed by atoms with Gasteiger partial charge in [0.25, 0.3) is 0 Å². The average Bonchev–Trinajstić information content (AvgIpc) is 2.16. The summed E-state index contributed by atoms with van der Waals surface area (Å²) in [5.41, 5.74) is 5.21.